The smallest absolute Gasteiger partial charge is 0.221 e. The van der Waals surface area contributed by atoms with Gasteiger partial charge in [-0.1, -0.05) is 6.07 Å². The van der Waals surface area contributed by atoms with Gasteiger partial charge in [-0.05, 0) is 57.0 Å². The van der Waals surface area contributed by atoms with Gasteiger partial charge in [-0.2, -0.15) is 0 Å². The molecule has 152 valence electrons. The van der Waals surface area contributed by atoms with Crippen LogP contribution < -0.4 is 15.4 Å². The van der Waals surface area contributed by atoms with E-state index in [1.165, 1.54) is 18.6 Å². The number of rotatable bonds is 7. The van der Waals surface area contributed by atoms with Gasteiger partial charge >= 0.3 is 0 Å². The predicted molar refractivity (Wildman–Crippen MR) is 106 cm³/mol. The van der Waals surface area contributed by atoms with Gasteiger partial charge in [0.25, 0.3) is 0 Å². The van der Waals surface area contributed by atoms with Crippen LogP contribution in [0.25, 0.3) is 0 Å². The van der Waals surface area contributed by atoms with E-state index >= 15 is 0 Å². The van der Waals surface area contributed by atoms with Crippen LogP contribution in [0.5, 0.6) is 5.88 Å². The van der Waals surface area contributed by atoms with Crippen LogP contribution in [0.2, 0.25) is 0 Å². The second-order valence-electron chi connectivity index (χ2n) is 7.04. The van der Waals surface area contributed by atoms with Gasteiger partial charge in [-0.15, -0.1) is 0 Å². The number of anilines is 2. The molecular weight excluding hydrogens is 383 g/mol. The molecule has 0 saturated carbocycles. The summed E-state index contributed by atoms with van der Waals surface area (Å²) < 4.78 is 43.0. The van der Waals surface area contributed by atoms with Crippen molar-refractivity contribution in [2.45, 2.75) is 32.3 Å². The second-order valence-corrected chi connectivity index (χ2v) is 9.30. The van der Waals surface area contributed by atoms with E-state index in [9.17, 15) is 12.8 Å². The summed E-state index contributed by atoms with van der Waals surface area (Å²) in [7, 11) is -3.09. The van der Waals surface area contributed by atoms with Crippen LogP contribution in [0.1, 0.15) is 24.0 Å². The van der Waals surface area contributed by atoms with Gasteiger partial charge in [0.2, 0.25) is 5.88 Å². The average Bonchev–Trinajstić information content (AvgIpc) is 2.65. The number of nitrogens with one attached hydrogen (secondary N) is 2. The lowest BCUT2D eigenvalue weighted by Gasteiger charge is -2.24. The first-order valence-corrected chi connectivity index (χ1v) is 11.3. The fourth-order valence-electron chi connectivity index (χ4n) is 3.00. The number of nitrogens with zero attached hydrogens (tertiary/aromatic N) is 2. The van der Waals surface area contributed by atoms with Crippen molar-refractivity contribution >= 4 is 21.3 Å². The Bertz CT molecular complexity index is 931. The fourth-order valence-corrected chi connectivity index (χ4v) is 3.60. The third-order valence-electron chi connectivity index (χ3n) is 4.65. The summed E-state index contributed by atoms with van der Waals surface area (Å²) in [5, 5.41) is 6.27. The van der Waals surface area contributed by atoms with Crippen molar-refractivity contribution in [2.75, 3.05) is 30.4 Å². The molecule has 1 aliphatic heterocycles. The number of aromatic nitrogens is 2. The molecule has 0 unspecified atom stereocenters. The number of hydrogen-bond acceptors (Lipinski definition) is 7. The molecule has 0 aliphatic carbocycles. The number of sulfone groups is 1. The van der Waals surface area contributed by atoms with Crippen molar-refractivity contribution < 1.29 is 17.5 Å². The summed E-state index contributed by atoms with van der Waals surface area (Å²) in [6.45, 7) is 3.66. The molecule has 28 heavy (non-hydrogen) atoms. The normalized spacial score (nSPS) is 15.4. The molecule has 1 aromatic heterocycles. The summed E-state index contributed by atoms with van der Waals surface area (Å²) in [5.74, 6) is 0.489. The number of ether oxygens (including phenoxy) is 1. The molecule has 2 N–H and O–H groups in total. The van der Waals surface area contributed by atoms with Crippen LogP contribution in [0.4, 0.5) is 15.9 Å². The van der Waals surface area contributed by atoms with E-state index in [1.54, 1.807) is 12.1 Å². The number of hydrogen-bond donors (Lipinski definition) is 2. The van der Waals surface area contributed by atoms with Gasteiger partial charge in [0, 0.05) is 6.26 Å². The van der Waals surface area contributed by atoms with Crippen LogP contribution in [0.15, 0.2) is 24.5 Å². The highest BCUT2D eigenvalue weighted by atomic mass is 32.2. The minimum Gasteiger partial charge on any atom is -0.474 e. The lowest BCUT2D eigenvalue weighted by Crippen LogP contribution is -2.34. The van der Waals surface area contributed by atoms with Crippen LogP contribution in [-0.2, 0) is 16.3 Å². The van der Waals surface area contributed by atoms with Crippen LogP contribution >= 0.6 is 0 Å². The first-order chi connectivity index (χ1) is 13.3. The Morgan fingerprint density at radius 2 is 2.04 bits per heavy atom. The third-order valence-corrected chi connectivity index (χ3v) is 5.60. The molecule has 2 heterocycles. The highest BCUT2D eigenvalue weighted by Gasteiger charge is 2.18. The van der Waals surface area contributed by atoms with E-state index in [4.69, 9.17) is 4.74 Å². The Labute approximate surface area is 164 Å². The quantitative estimate of drug-likeness (QED) is 0.727. The average molecular weight is 408 g/mol. The first kappa shape index (κ1) is 20.5. The van der Waals surface area contributed by atoms with Crippen molar-refractivity contribution in [3.05, 3.63) is 41.5 Å². The molecule has 1 aromatic carbocycles. The summed E-state index contributed by atoms with van der Waals surface area (Å²) in [6, 6.07) is 4.64. The number of aryl methyl sites for hydroxylation is 1. The molecule has 1 saturated heterocycles. The van der Waals surface area contributed by atoms with Gasteiger partial charge in [0.1, 0.15) is 33.9 Å². The Morgan fingerprint density at radius 3 is 2.71 bits per heavy atom. The zero-order valence-corrected chi connectivity index (χ0v) is 16.9. The lowest BCUT2D eigenvalue weighted by molar-refractivity contribution is 0.154. The molecule has 2 aromatic rings. The Morgan fingerprint density at radius 1 is 1.29 bits per heavy atom. The number of halogens is 1. The SMILES string of the molecule is Cc1c(Nc2ccc(CCS(C)(=O)=O)cc2F)ncnc1OC1CCNCC1. The molecule has 0 amide bonds. The van der Waals surface area contributed by atoms with E-state index in [-0.39, 0.29) is 24.0 Å². The standard InChI is InChI=1S/C19H25FN4O3S/c1-13-18(22-12-23-19(13)27-15-5-8-21-9-6-15)24-17-4-3-14(11-16(17)20)7-10-28(2,25)26/h3-4,11-12,15,21H,5-10H2,1-2H3,(H,22,23,24). The topological polar surface area (TPSA) is 93.2 Å². The van der Waals surface area contributed by atoms with E-state index in [1.807, 2.05) is 6.92 Å². The predicted octanol–water partition coefficient (Wildman–Crippen LogP) is 2.39. The molecule has 0 spiro atoms. The van der Waals surface area contributed by atoms with Gasteiger partial charge in [0.05, 0.1) is 17.0 Å². The molecule has 0 atom stereocenters. The fraction of sp³-hybridized carbons (Fsp3) is 0.474. The molecule has 3 rings (SSSR count). The minimum absolute atomic E-state index is 0.0123. The maximum atomic E-state index is 14.5. The van der Waals surface area contributed by atoms with Crippen molar-refractivity contribution in [1.29, 1.82) is 0 Å². The lowest BCUT2D eigenvalue weighted by atomic mass is 10.1. The summed E-state index contributed by atoms with van der Waals surface area (Å²) in [5.41, 5.74) is 1.60. The third kappa shape index (κ3) is 5.62. The Hall–Kier alpha value is -2.26. The van der Waals surface area contributed by atoms with Crippen molar-refractivity contribution in [3.8, 4) is 5.88 Å². The maximum Gasteiger partial charge on any atom is 0.221 e. The van der Waals surface area contributed by atoms with E-state index in [2.05, 4.69) is 20.6 Å². The largest absolute Gasteiger partial charge is 0.474 e. The Kier molecular flexibility index (Phi) is 6.46. The second kappa shape index (κ2) is 8.83. The highest BCUT2D eigenvalue weighted by Crippen LogP contribution is 2.27. The van der Waals surface area contributed by atoms with E-state index in [0.717, 1.165) is 25.9 Å². The van der Waals surface area contributed by atoms with Gasteiger partial charge in [-0.3, -0.25) is 0 Å². The summed E-state index contributed by atoms with van der Waals surface area (Å²) in [6.07, 6.45) is 4.77. The van der Waals surface area contributed by atoms with Crippen molar-refractivity contribution in [1.82, 2.24) is 15.3 Å². The van der Waals surface area contributed by atoms with Gasteiger partial charge < -0.3 is 15.4 Å². The van der Waals surface area contributed by atoms with Gasteiger partial charge in [0.15, 0.2) is 0 Å². The first-order valence-electron chi connectivity index (χ1n) is 9.24. The molecule has 9 heteroatoms. The molecular formula is C19H25FN4O3S. The maximum absolute atomic E-state index is 14.5. The van der Waals surface area contributed by atoms with E-state index < -0.39 is 15.7 Å². The zero-order valence-electron chi connectivity index (χ0n) is 16.0. The zero-order chi connectivity index (χ0) is 20.1. The molecule has 7 nitrogen and oxygen atoms in total. The minimum atomic E-state index is -3.09. The highest BCUT2D eigenvalue weighted by molar-refractivity contribution is 7.90. The Balaban J connectivity index is 1.71. The van der Waals surface area contributed by atoms with Crippen molar-refractivity contribution in [3.63, 3.8) is 0 Å². The van der Waals surface area contributed by atoms with Crippen LogP contribution in [0.3, 0.4) is 0 Å². The number of piperidine rings is 1. The molecule has 1 fully saturated rings. The molecule has 1 aliphatic rings. The molecule has 0 radical (unpaired) electrons. The van der Waals surface area contributed by atoms with Crippen molar-refractivity contribution in [2.24, 2.45) is 0 Å². The van der Waals surface area contributed by atoms with Crippen LogP contribution in [0, 0.1) is 12.7 Å². The number of benzene rings is 1. The summed E-state index contributed by atoms with van der Waals surface area (Å²) in [4.78, 5) is 8.41. The van der Waals surface area contributed by atoms with E-state index in [0.29, 0.717) is 22.8 Å². The summed E-state index contributed by atoms with van der Waals surface area (Å²) >= 11 is 0. The molecule has 0 bridgehead atoms. The van der Waals surface area contributed by atoms with Crippen LogP contribution in [-0.4, -0.2) is 49.6 Å². The van der Waals surface area contributed by atoms with Gasteiger partial charge in [-0.25, -0.2) is 22.8 Å². The monoisotopic (exact) mass is 408 g/mol.